The largest absolute Gasteiger partial charge is 0.481 e. The van der Waals surface area contributed by atoms with Crippen molar-refractivity contribution in [3.8, 4) is 0 Å². The first-order valence-electron chi connectivity index (χ1n) is 6.71. The van der Waals surface area contributed by atoms with E-state index in [-0.39, 0.29) is 24.5 Å². The Balaban J connectivity index is 4.08. The second-order valence-electron chi connectivity index (χ2n) is 4.68. The van der Waals surface area contributed by atoms with Crippen molar-refractivity contribution in [2.75, 3.05) is 6.54 Å². The number of amides is 2. The summed E-state index contributed by atoms with van der Waals surface area (Å²) in [6.07, 6.45) is 2.36. The smallest absolute Gasteiger partial charge is 0.317 e. The molecule has 0 spiro atoms. The summed E-state index contributed by atoms with van der Waals surface area (Å²) in [5, 5.41) is 11.5. The summed E-state index contributed by atoms with van der Waals surface area (Å²) < 4.78 is 0. The van der Waals surface area contributed by atoms with E-state index in [0.717, 1.165) is 6.42 Å². The number of hydrogen-bond acceptors (Lipinski definition) is 2. The van der Waals surface area contributed by atoms with Crippen molar-refractivity contribution in [2.24, 2.45) is 0 Å². The number of nitrogens with one attached hydrogen (secondary N) is 1. The van der Waals surface area contributed by atoms with E-state index in [9.17, 15) is 9.59 Å². The van der Waals surface area contributed by atoms with Gasteiger partial charge in [-0.3, -0.25) is 4.79 Å². The number of carbonyl (C=O) groups excluding carboxylic acids is 1. The van der Waals surface area contributed by atoms with Crippen LogP contribution < -0.4 is 5.32 Å². The quantitative estimate of drug-likeness (QED) is 0.702. The molecule has 5 nitrogen and oxygen atoms in total. The molecule has 2 atom stereocenters. The Bertz CT molecular complexity index is 269. The van der Waals surface area contributed by atoms with Crippen LogP contribution in [0.25, 0.3) is 0 Å². The van der Waals surface area contributed by atoms with Crippen LogP contribution >= 0.6 is 0 Å². The van der Waals surface area contributed by atoms with Crippen LogP contribution in [0.15, 0.2) is 0 Å². The molecule has 0 aliphatic heterocycles. The van der Waals surface area contributed by atoms with E-state index < -0.39 is 5.97 Å². The van der Waals surface area contributed by atoms with Crippen LogP contribution in [-0.2, 0) is 4.79 Å². The molecule has 0 rings (SSSR count). The number of carboxylic acids is 1. The summed E-state index contributed by atoms with van der Waals surface area (Å²) >= 11 is 0. The lowest BCUT2D eigenvalue weighted by molar-refractivity contribution is -0.137. The number of nitrogens with zero attached hydrogens (tertiary/aromatic N) is 1. The van der Waals surface area contributed by atoms with Gasteiger partial charge in [-0.2, -0.15) is 0 Å². The maximum absolute atomic E-state index is 12.0. The highest BCUT2D eigenvalue weighted by Gasteiger charge is 2.18. The molecule has 106 valence electrons. The van der Waals surface area contributed by atoms with E-state index in [4.69, 9.17) is 5.11 Å². The van der Waals surface area contributed by atoms with Gasteiger partial charge >= 0.3 is 12.0 Å². The third-order valence-corrected chi connectivity index (χ3v) is 3.12. The number of carbonyl (C=O) groups is 2. The molecule has 2 amide bonds. The first-order chi connectivity index (χ1) is 8.42. The first kappa shape index (κ1) is 16.7. The highest BCUT2D eigenvalue weighted by Crippen LogP contribution is 2.06. The molecule has 0 bridgehead atoms. The first-order valence-corrected chi connectivity index (χ1v) is 6.71. The number of carboxylic acid groups (broad SMARTS) is 1. The van der Waals surface area contributed by atoms with Gasteiger partial charge < -0.3 is 15.3 Å². The van der Waals surface area contributed by atoms with Crippen LogP contribution in [0.1, 0.15) is 53.4 Å². The van der Waals surface area contributed by atoms with Crippen LogP contribution in [-0.4, -0.2) is 40.6 Å². The molecule has 2 unspecified atom stereocenters. The molecule has 0 aliphatic rings. The third-order valence-electron chi connectivity index (χ3n) is 3.12. The predicted molar refractivity (Wildman–Crippen MR) is 71.6 cm³/mol. The average Bonchev–Trinajstić information content (AvgIpc) is 2.28. The Kier molecular flexibility index (Phi) is 8.16. The Labute approximate surface area is 110 Å². The molecule has 0 heterocycles. The second-order valence-corrected chi connectivity index (χ2v) is 4.68. The van der Waals surface area contributed by atoms with E-state index in [1.165, 1.54) is 0 Å². The Morgan fingerprint density at radius 2 is 1.89 bits per heavy atom. The van der Waals surface area contributed by atoms with Gasteiger partial charge in [-0.05, 0) is 40.0 Å². The fourth-order valence-corrected chi connectivity index (χ4v) is 1.80. The molecule has 0 aromatic heterocycles. The SMILES string of the molecule is CCC(C)N(CC)C(=O)NC(C)CCCC(=O)O. The van der Waals surface area contributed by atoms with E-state index in [1.807, 2.05) is 20.8 Å². The molecule has 0 fully saturated rings. The van der Waals surface area contributed by atoms with Gasteiger partial charge in [0.1, 0.15) is 0 Å². The lowest BCUT2D eigenvalue weighted by Crippen LogP contribution is -2.47. The van der Waals surface area contributed by atoms with E-state index in [1.54, 1.807) is 4.90 Å². The zero-order valence-corrected chi connectivity index (χ0v) is 11.9. The van der Waals surface area contributed by atoms with Crippen LogP contribution in [0, 0.1) is 0 Å². The number of urea groups is 1. The minimum Gasteiger partial charge on any atom is -0.481 e. The van der Waals surface area contributed by atoms with Crippen LogP contribution in [0.4, 0.5) is 4.79 Å². The third kappa shape index (κ3) is 6.47. The van der Waals surface area contributed by atoms with Crippen LogP contribution in [0.3, 0.4) is 0 Å². The Morgan fingerprint density at radius 1 is 1.28 bits per heavy atom. The summed E-state index contributed by atoms with van der Waals surface area (Å²) in [6.45, 7) is 8.63. The summed E-state index contributed by atoms with van der Waals surface area (Å²) in [5.74, 6) is -0.789. The normalized spacial score (nSPS) is 13.8. The van der Waals surface area contributed by atoms with Crippen molar-refractivity contribution < 1.29 is 14.7 Å². The van der Waals surface area contributed by atoms with Crippen molar-refractivity contribution in [3.05, 3.63) is 0 Å². The van der Waals surface area contributed by atoms with Crippen molar-refractivity contribution in [1.29, 1.82) is 0 Å². The molecule has 2 N–H and O–H groups in total. The number of hydrogen-bond donors (Lipinski definition) is 2. The van der Waals surface area contributed by atoms with Gasteiger partial charge in [0.05, 0.1) is 0 Å². The molecule has 0 saturated carbocycles. The maximum Gasteiger partial charge on any atom is 0.317 e. The van der Waals surface area contributed by atoms with Crippen molar-refractivity contribution in [1.82, 2.24) is 10.2 Å². The minimum absolute atomic E-state index is 0.00922. The Hall–Kier alpha value is -1.26. The zero-order chi connectivity index (χ0) is 14.1. The van der Waals surface area contributed by atoms with Crippen LogP contribution in [0.2, 0.25) is 0 Å². The summed E-state index contributed by atoms with van der Waals surface area (Å²) in [5.41, 5.74) is 0. The molecule has 0 aromatic carbocycles. The molecule has 0 radical (unpaired) electrons. The van der Waals surface area contributed by atoms with E-state index in [0.29, 0.717) is 19.4 Å². The lowest BCUT2D eigenvalue weighted by atomic mass is 10.1. The minimum atomic E-state index is -0.789. The molecular weight excluding hydrogens is 232 g/mol. The molecule has 18 heavy (non-hydrogen) atoms. The van der Waals surface area contributed by atoms with Crippen molar-refractivity contribution in [3.63, 3.8) is 0 Å². The van der Waals surface area contributed by atoms with Gasteiger partial charge in [-0.1, -0.05) is 6.92 Å². The van der Waals surface area contributed by atoms with Gasteiger partial charge in [0.15, 0.2) is 0 Å². The monoisotopic (exact) mass is 258 g/mol. The topological polar surface area (TPSA) is 69.6 Å². The zero-order valence-electron chi connectivity index (χ0n) is 11.9. The maximum atomic E-state index is 12.0. The fraction of sp³-hybridized carbons (Fsp3) is 0.846. The highest BCUT2D eigenvalue weighted by atomic mass is 16.4. The van der Waals surface area contributed by atoms with Gasteiger partial charge in [0.25, 0.3) is 0 Å². The van der Waals surface area contributed by atoms with E-state index >= 15 is 0 Å². The highest BCUT2D eigenvalue weighted by molar-refractivity contribution is 5.74. The lowest BCUT2D eigenvalue weighted by Gasteiger charge is -2.29. The molecule has 0 aliphatic carbocycles. The van der Waals surface area contributed by atoms with Crippen molar-refractivity contribution >= 4 is 12.0 Å². The van der Waals surface area contributed by atoms with Gasteiger partial charge in [-0.25, -0.2) is 4.79 Å². The molecule has 0 saturated heterocycles. The second kappa shape index (κ2) is 8.78. The van der Waals surface area contributed by atoms with Gasteiger partial charge in [0, 0.05) is 25.0 Å². The average molecular weight is 258 g/mol. The summed E-state index contributed by atoms with van der Waals surface area (Å²) in [7, 11) is 0. The van der Waals surface area contributed by atoms with Gasteiger partial charge in [0.2, 0.25) is 0 Å². The van der Waals surface area contributed by atoms with E-state index in [2.05, 4.69) is 12.2 Å². The summed E-state index contributed by atoms with van der Waals surface area (Å²) in [6, 6.07) is 0.172. The molecular formula is C13H26N2O3. The molecule has 5 heteroatoms. The van der Waals surface area contributed by atoms with Gasteiger partial charge in [-0.15, -0.1) is 0 Å². The number of rotatable bonds is 8. The fourth-order valence-electron chi connectivity index (χ4n) is 1.80. The summed E-state index contributed by atoms with van der Waals surface area (Å²) in [4.78, 5) is 24.2. The Morgan fingerprint density at radius 3 is 2.33 bits per heavy atom. The van der Waals surface area contributed by atoms with Crippen molar-refractivity contribution in [2.45, 2.75) is 65.5 Å². The van der Waals surface area contributed by atoms with Crippen LogP contribution in [0.5, 0.6) is 0 Å². The molecule has 0 aromatic rings. The number of aliphatic carboxylic acids is 1. The standard InChI is InChI=1S/C13H26N2O3/c1-5-11(4)15(6-2)13(18)14-10(3)8-7-9-12(16)17/h10-11H,5-9H2,1-4H3,(H,14,18)(H,16,17). The predicted octanol–water partition coefficient (Wildman–Crippen LogP) is 2.46.